The van der Waals surface area contributed by atoms with Crippen LogP contribution in [-0.2, 0) is 16.1 Å². The number of hydrogen-bond acceptors (Lipinski definition) is 5. The highest BCUT2D eigenvalue weighted by Gasteiger charge is 2.51. The predicted molar refractivity (Wildman–Crippen MR) is 82.6 cm³/mol. The summed E-state index contributed by atoms with van der Waals surface area (Å²) < 4.78 is 33.1. The Hall–Kier alpha value is -1.57. The van der Waals surface area contributed by atoms with Crippen molar-refractivity contribution in [2.45, 2.75) is 51.0 Å². The fourth-order valence-corrected chi connectivity index (χ4v) is 2.12. The number of hydrogen-bond donors (Lipinski definition) is 3. The van der Waals surface area contributed by atoms with Gasteiger partial charge in [-0.05, 0) is 17.9 Å². The first-order valence-corrected chi connectivity index (χ1v) is 7.43. The third-order valence-electron chi connectivity index (χ3n) is 3.44. The fourth-order valence-electron chi connectivity index (χ4n) is 2.12. The average molecular weight is 330 g/mol. The largest absolute Gasteiger partial charge is 0.459 e. The monoisotopic (exact) mass is 330 g/mol. The van der Waals surface area contributed by atoms with Gasteiger partial charge in [-0.2, -0.15) is 0 Å². The molecule has 3 unspecified atom stereocenters. The summed E-state index contributed by atoms with van der Waals surface area (Å²) in [5, 5.41) is 9.74. The smallest absolute Gasteiger partial charge is 0.329 e. The van der Waals surface area contributed by atoms with Gasteiger partial charge in [-0.1, -0.05) is 44.2 Å². The first-order chi connectivity index (χ1) is 10.7. The van der Waals surface area contributed by atoms with Crippen LogP contribution in [0, 0.1) is 5.92 Å². The lowest BCUT2D eigenvalue weighted by atomic mass is 9.93. The molecule has 1 aromatic carbocycles. The van der Waals surface area contributed by atoms with E-state index >= 15 is 0 Å². The molecule has 7 heteroatoms. The molecular weight excluding hydrogens is 306 g/mol. The number of carbonyl (C=O) groups is 1. The van der Waals surface area contributed by atoms with E-state index in [2.05, 4.69) is 0 Å². The van der Waals surface area contributed by atoms with Crippen LogP contribution in [0.5, 0.6) is 0 Å². The van der Waals surface area contributed by atoms with Crippen LogP contribution in [0.3, 0.4) is 0 Å². The van der Waals surface area contributed by atoms with Gasteiger partial charge in [0.2, 0.25) is 0 Å². The number of alkyl halides is 2. The molecule has 0 heterocycles. The van der Waals surface area contributed by atoms with E-state index in [4.69, 9.17) is 16.2 Å². The van der Waals surface area contributed by atoms with Crippen LogP contribution < -0.4 is 11.5 Å². The van der Waals surface area contributed by atoms with E-state index < -0.39 is 30.1 Å². The molecule has 3 atom stereocenters. The summed E-state index contributed by atoms with van der Waals surface area (Å²) in [7, 11) is 0. The van der Waals surface area contributed by atoms with Crippen molar-refractivity contribution in [2.75, 3.05) is 0 Å². The molecule has 0 saturated heterocycles. The quantitative estimate of drug-likeness (QED) is 0.626. The number of benzene rings is 1. The lowest BCUT2D eigenvalue weighted by molar-refractivity contribution is -0.172. The highest BCUT2D eigenvalue weighted by molar-refractivity contribution is 5.77. The lowest BCUT2D eigenvalue weighted by Crippen LogP contribution is -2.59. The molecule has 0 amide bonds. The van der Waals surface area contributed by atoms with E-state index in [1.54, 1.807) is 44.2 Å². The molecule has 0 aliphatic carbocycles. The molecule has 0 aliphatic heterocycles. The summed E-state index contributed by atoms with van der Waals surface area (Å²) in [6, 6.07) is 5.14. The Balaban J connectivity index is 2.65. The SMILES string of the molecule is CC(C)CC(N)C(O)C(F)(F)C(N)C(=O)OCc1ccccc1. The Labute approximate surface area is 134 Å². The molecule has 0 aliphatic rings. The van der Waals surface area contributed by atoms with Gasteiger partial charge < -0.3 is 21.3 Å². The topological polar surface area (TPSA) is 98.6 Å². The van der Waals surface area contributed by atoms with Crippen LogP contribution in [0.15, 0.2) is 30.3 Å². The van der Waals surface area contributed by atoms with Gasteiger partial charge >= 0.3 is 5.97 Å². The second-order valence-corrected chi connectivity index (χ2v) is 5.98. The molecule has 0 aromatic heterocycles. The van der Waals surface area contributed by atoms with Gasteiger partial charge in [0.05, 0.1) is 0 Å². The minimum absolute atomic E-state index is 0.0247. The zero-order valence-corrected chi connectivity index (χ0v) is 13.3. The summed E-state index contributed by atoms with van der Waals surface area (Å²) in [5.74, 6) is -5.13. The van der Waals surface area contributed by atoms with Crippen molar-refractivity contribution >= 4 is 5.97 Å². The van der Waals surface area contributed by atoms with E-state index in [1.807, 2.05) is 0 Å². The number of rotatable bonds is 8. The summed E-state index contributed by atoms with van der Waals surface area (Å²) in [4.78, 5) is 11.7. The summed E-state index contributed by atoms with van der Waals surface area (Å²) in [5.41, 5.74) is 11.5. The first kappa shape index (κ1) is 19.5. The van der Waals surface area contributed by atoms with Gasteiger partial charge in [-0.15, -0.1) is 0 Å². The van der Waals surface area contributed by atoms with Gasteiger partial charge in [0.1, 0.15) is 12.7 Å². The van der Waals surface area contributed by atoms with Crippen LogP contribution in [0.1, 0.15) is 25.8 Å². The molecule has 1 aromatic rings. The highest BCUT2D eigenvalue weighted by Crippen LogP contribution is 2.27. The van der Waals surface area contributed by atoms with Crippen molar-refractivity contribution in [2.24, 2.45) is 17.4 Å². The number of ether oxygens (including phenoxy) is 1. The molecule has 5 nitrogen and oxygen atoms in total. The van der Waals surface area contributed by atoms with Crippen molar-refractivity contribution in [1.29, 1.82) is 0 Å². The highest BCUT2D eigenvalue weighted by atomic mass is 19.3. The lowest BCUT2D eigenvalue weighted by Gasteiger charge is -2.31. The van der Waals surface area contributed by atoms with Gasteiger partial charge in [-0.3, -0.25) is 4.79 Å². The Morgan fingerprint density at radius 3 is 2.35 bits per heavy atom. The molecule has 130 valence electrons. The Morgan fingerprint density at radius 2 is 1.83 bits per heavy atom. The molecule has 0 bridgehead atoms. The maximum Gasteiger partial charge on any atom is 0.329 e. The number of halogens is 2. The summed E-state index contributed by atoms with van der Waals surface area (Å²) >= 11 is 0. The van der Waals surface area contributed by atoms with E-state index in [0.29, 0.717) is 5.56 Å². The predicted octanol–water partition coefficient (Wildman–Crippen LogP) is 1.43. The third-order valence-corrected chi connectivity index (χ3v) is 3.44. The summed E-state index contributed by atoms with van der Waals surface area (Å²) in [6.07, 6.45) is -2.04. The van der Waals surface area contributed by atoms with Crippen LogP contribution in [-0.4, -0.2) is 35.2 Å². The number of carbonyl (C=O) groups excluding carboxylic acids is 1. The molecule has 0 fully saturated rings. The van der Waals surface area contributed by atoms with Gasteiger partial charge in [0, 0.05) is 6.04 Å². The molecule has 23 heavy (non-hydrogen) atoms. The summed E-state index contributed by atoms with van der Waals surface area (Å²) in [6.45, 7) is 3.41. The number of aliphatic hydroxyl groups excluding tert-OH is 1. The Kier molecular flexibility index (Phi) is 7.05. The zero-order chi connectivity index (χ0) is 17.6. The van der Waals surface area contributed by atoms with E-state index in [0.717, 1.165) is 0 Å². The average Bonchev–Trinajstić information content (AvgIpc) is 2.51. The molecule has 0 radical (unpaired) electrons. The van der Waals surface area contributed by atoms with Gasteiger partial charge in [-0.25, -0.2) is 8.78 Å². The Bertz CT molecular complexity index is 497. The van der Waals surface area contributed by atoms with Gasteiger partial charge in [0.25, 0.3) is 5.92 Å². The third kappa shape index (κ3) is 5.53. The second-order valence-electron chi connectivity index (χ2n) is 5.98. The molecule has 1 rings (SSSR count). The minimum Gasteiger partial charge on any atom is -0.459 e. The van der Waals surface area contributed by atoms with E-state index in [9.17, 15) is 18.7 Å². The van der Waals surface area contributed by atoms with Crippen molar-refractivity contribution < 1.29 is 23.4 Å². The molecular formula is C16H24F2N2O3. The van der Waals surface area contributed by atoms with Crippen molar-refractivity contribution in [3.8, 4) is 0 Å². The number of nitrogens with two attached hydrogens (primary N) is 2. The molecule has 0 spiro atoms. The number of esters is 1. The van der Waals surface area contributed by atoms with Crippen LogP contribution >= 0.6 is 0 Å². The van der Waals surface area contributed by atoms with E-state index in [-0.39, 0.29) is 18.9 Å². The van der Waals surface area contributed by atoms with Crippen LogP contribution in [0.2, 0.25) is 0 Å². The fraction of sp³-hybridized carbons (Fsp3) is 0.562. The van der Waals surface area contributed by atoms with Crippen molar-refractivity contribution in [3.05, 3.63) is 35.9 Å². The molecule has 0 saturated carbocycles. The molecule has 5 N–H and O–H groups in total. The second kappa shape index (κ2) is 8.33. The van der Waals surface area contributed by atoms with E-state index in [1.165, 1.54) is 0 Å². The van der Waals surface area contributed by atoms with Gasteiger partial charge in [0.15, 0.2) is 6.04 Å². The zero-order valence-electron chi connectivity index (χ0n) is 13.3. The minimum atomic E-state index is -3.87. The Morgan fingerprint density at radius 1 is 1.26 bits per heavy atom. The maximum absolute atomic E-state index is 14.1. The van der Waals surface area contributed by atoms with Crippen molar-refractivity contribution in [1.82, 2.24) is 0 Å². The maximum atomic E-state index is 14.1. The normalized spacial score (nSPS) is 16.0. The first-order valence-electron chi connectivity index (χ1n) is 7.43. The van der Waals surface area contributed by atoms with Crippen LogP contribution in [0.25, 0.3) is 0 Å². The van der Waals surface area contributed by atoms with Crippen molar-refractivity contribution in [3.63, 3.8) is 0 Å². The number of aliphatic hydroxyl groups is 1. The van der Waals surface area contributed by atoms with Crippen LogP contribution in [0.4, 0.5) is 8.78 Å². The standard InChI is InChI=1S/C16H24F2N2O3/c1-10(2)8-12(19)14(21)16(17,18)13(20)15(22)23-9-11-6-4-3-5-7-11/h3-7,10,12-14,21H,8-9,19-20H2,1-2H3.